The van der Waals surface area contributed by atoms with E-state index in [2.05, 4.69) is 22.2 Å². The van der Waals surface area contributed by atoms with E-state index < -0.39 is 0 Å². The monoisotopic (exact) mass is 312 g/mol. The van der Waals surface area contributed by atoms with E-state index in [1.54, 1.807) is 0 Å². The van der Waals surface area contributed by atoms with E-state index in [0.717, 1.165) is 17.3 Å². The van der Waals surface area contributed by atoms with E-state index >= 15 is 0 Å². The normalized spacial score (nSPS) is 39.9. The number of rotatable bonds is 1. The Morgan fingerprint density at radius 2 is 1.95 bits per heavy atom. The van der Waals surface area contributed by atoms with Gasteiger partial charge in [0.05, 0.1) is 5.71 Å². The molecule has 20 heavy (non-hydrogen) atoms. The summed E-state index contributed by atoms with van der Waals surface area (Å²) in [5, 5.41) is 13.7. The van der Waals surface area contributed by atoms with E-state index in [-0.39, 0.29) is 12.4 Å². The first kappa shape index (κ1) is 14.2. The van der Waals surface area contributed by atoms with Crippen molar-refractivity contribution < 1.29 is 5.21 Å². The smallest absolute Gasteiger partial charge is 0.0763 e. The molecule has 0 spiro atoms. The molecule has 3 nitrogen and oxygen atoms in total. The molecule has 5 atom stereocenters. The Balaban J connectivity index is 0.00000121. The predicted molar refractivity (Wildman–Crippen MR) is 82.3 cm³/mol. The zero-order valence-corrected chi connectivity index (χ0v) is 12.6. The average molecular weight is 313 g/mol. The summed E-state index contributed by atoms with van der Waals surface area (Å²) in [6.45, 7) is 0.862. The van der Waals surface area contributed by atoms with Crippen LogP contribution in [0.2, 0.25) is 5.02 Å². The highest BCUT2D eigenvalue weighted by Gasteiger charge is 2.54. The van der Waals surface area contributed by atoms with E-state index in [1.807, 2.05) is 12.1 Å². The van der Waals surface area contributed by atoms with E-state index in [4.69, 9.17) is 11.6 Å². The van der Waals surface area contributed by atoms with Crippen LogP contribution in [0.15, 0.2) is 29.4 Å². The Kier molecular flexibility index (Phi) is 3.69. The molecule has 0 radical (unpaired) electrons. The lowest BCUT2D eigenvalue weighted by Crippen LogP contribution is -2.40. The van der Waals surface area contributed by atoms with Gasteiger partial charge in [0.1, 0.15) is 0 Å². The van der Waals surface area contributed by atoms with Crippen LogP contribution in [0.4, 0.5) is 0 Å². The molecule has 3 aliphatic heterocycles. The topological polar surface area (TPSA) is 35.8 Å². The van der Waals surface area contributed by atoms with Crippen LogP contribution in [-0.4, -0.2) is 34.4 Å². The first-order valence-electron chi connectivity index (χ1n) is 7.00. The fourth-order valence-electron chi connectivity index (χ4n) is 4.46. The van der Waals surface area contributed by atoms with E-state index in [0.29, 0.717) is 23.9 Å². The fraction of sp³-hybridized carbons (Fsp3) is 0.533. The summed E-state index contributed by atoms with van der Waals surface area (Å²) in [7, 11) is 0. The summed E-state index contributed by atoms with van der Waals surface area (Å²) in [5.41, 5.74) is 2.32. The third-order valence-electron chi connectivity index (χ3n) is 5.22. The molecule has 108 valence electrons. The number of halogens is 2. The minimum atomic E-state index is 0. The quantitative estimate of drug-likeness (QED) is 0.636. The van der Waals surface area contributed by atoms with Gasteiger partial charge in [0.2, 0.25) is 0 Å². The first-order chi connectivity index (χ1) is 9.28. The second-order valence-electron chi connectivity index (χ2n) is 5.98. The van der Waals surface area contributed by atoms with Crippen LogP contribution in [0.5, 0.6) is 0 Å². The number of piperidine rings is 1. The number of benzene rings is 1. The lowest BCUT2D eigenvalue weighted by Gasteiger charge is -2.36. The highest BCUT2D eigenvalue weighted by molar-refractivity contribution is 6.30. The molecule has 1 N–H and O–H groups in total. The van der Waals surface area contributed by atoms with Crippen molar-refractivity contribution in [2.75, 3.05) is 6.54 Å². The highest BCUT2D eigenvalue weighted by atomic mass is 35.5. The van der Waals surface area contributed by atoms with Gasteiger partial charge in [0.15, 0.2) is 0 Å². The van der Waals surface area contributed by atoms with Crippen molar-refractivity contribution in [3.8, 4) is 0 Å². The van der Waals surface area contributed by atoms with Crippen LogP contribution in [0, 0.1) is 5.92 Å². The van der Waals surface area contributed by atoms with Crippen LogP contribution >= 0.6 is 24.0 Å². The molecule has 3 saturated heterocycles. The van der Waals surface area contributed by atoms with Crippen molar-refractivity contribution in [3.05, 3.63) is 34.9 Å². The number of hydrogen-bond donors (Lipinski definition) is 1. The van der Waals surface area contributed by atoms with Crippen molar-refractivity contribution >= 4 is 29.7 Å². The molecule has 3 fully saturated rings. The van der Waals surface area contributed by atoms with Gasteiger partial charge in [-0.3, -0.25) is 4.90 Å². The Labute approximate surface area is 130 Å². The molecule has 2 unspecified atom stereocenters. The maximum atomic E-state index is 9.29. The molecule has 3 heterocycles. The molecule has 5 heteroatoms. The van der Waals surface area contributed by atoms with Gasteiger partial charge in [-0.2, -0.15) is 0 Å². The lowest BCUT2D eigenvalue weighted by atomic mass is 9.77. The maximum absolute atomic E-state index is 9.29. The van der Waals surface area contributed by atoms with Gasteiger partial charge in [-0.15, -0.1) is 12.4 Å². The molecular formula is C15H18Cl2N2O. The van der Waals surface area contributed by atoms with Crippen molar-refractivity contribution in [3.63, 3.8) is 0 Å². The molecule has 1 aromatic rings. The average Bonchev–Trinajstić information content (AvgIpc) is 2.85. The summed E-state index contributed by atoms with van der Waals surface area (Å²) in [6, 6.07) is 9.46. The van der Waals surface area contributed by atoms with Crippen molar-refractivity contribution in [1.82, 2.24) is 4.90 Å². The van der Waals surface area contributed by atoms with Crippen LogP contribution in [0.25, 0.3) is 0 Å². The van der Waals surface area contributed by atoms with Crippen molar-refractivity contribution in [1.29, 1.82) is 0 Å². The summed E-state index contributed by atoms with van der Waals surface area (Å²) in [6.07, 6.45) is 3.73. The maximum Gasteiger partial charge on any atom is 0.0763 e. The summed E-state index contributed by atoms with van der Waals surface area (Å²) in [5.74, 6) is 0.879. The minimum Gasteiger partial charge on any atom is -0.411 e. The molecule has 0 saturated carbocycles. The van der Waals surface area contributed by atoms with Gasteiger partial charge < -0.3 is 5.21 Å². The standard InChI is InChI=1S/C15H17ClN2O.ClH/c16-10-3-1-9(2-4-10)12-7-11-5-6-14-15(12)13(17-19)8-18(11)14;/h1-4,11-12,14-15,19H,5-8H2;1H/b17-13+;/t11-,12+,14?,15+;/m0./s1. The molecule has 1 aromatic carbocycles. The Morgan fingerprint density at radius 1 is 1.20 bits per heavy atom. The molecule has 3 aliphatic rings. The van der Waals surface area contributed by atoms with Crippen molar-refractivity contribution in [2.24, 2.45) is 11.1 Å². The molecule has 4 rings (SSSR count). The van der Waals surface area contributed by atoms with Crippen LogP contribution in [0.1, 0.15) is 30.7 Å². The summed E-state index contributed by atoms with van der Waals surface area (Å²) in [4.78, 5) is 2.55. The van der Waals surface area contributed by atoms with Crippen LogP contribution in [0.3, 0.4) is 0 Å². The number of oxime groups is 1. The first-order valence-corrected chi connectivity index (χ1v) is 7.38. The third kappa shape index (κ3) is 1.95. The molecule has 0 amide bonds. The molecule has 0 aromatic heterocycles. The Morgan fingerprint density at radius 3 is 2.65 bits per heavy atom. The summed E-state index contributed by atoms with van der Waals surface area (Å²) < 4.78 is 0. The van der Waals surface area contributed by atoms with Gasteiger partial charge in [-0.05, 0) is 42.9 Å². The second kappa shape index (κ2) is 5.21. The van der Waals surface area contributed by atoms with Crippen LogP contribution in [-0.2, 0) is 0 Å². The fourth-order valence-corrected chi connectivity index (χ4v) is 4.58. The number of nitrogens with zero attached hydrogens (tertiary/aromatic N) is 2. The predicted octanol–water partition coefficient (Wildman–Crippen LogP) is 3.54. The van der Waals surface area contributed by atoms with E-state index in [1.165, 1.54) is 24.8 Å². The zero-order valence-electron chi connectivity index (χ0n) is 11.1. The molecule has 0 aliphatic carbocycles. The SMILES string of the molecule is Cl.O/N=C1\CN2C3CC[C@H]2C[C@H](c2ccc(Cl)cc2)[C@H]13. The largest absolute Gasteiger partial charge is 0.411 e. The zero-order chi connectivity index (χ0) is 13.0. The molecule has 4 bridgehead atoms. The van der Waals surface area contributed by atoms with Crippen molar-refractivity contribution in [2.45, 2.75) is 37.3 Å². The van der Waals surface area contributed by atoms with Gasteiger partial charge in [-0.1, -0.05) is 28.9 Å². The van der Waals surface area contributed by atoms with Gasteiger partial charge in [0, 0.05) is 29.6 Å². The molecular weight excluding hydrogens is 295 g/mol. The minimum absolute atomic E-state index is 0. The highest BCUT2D eigenvalue weighted by Crippen LogP contribution is 2.51. The van der Waals surface area contributed by atoms with Crippen LogP contribution < -0.4 is 0 Å². The number of hydrogen-bond acceptors (Lipinski definition) is 3. The third-order valence-corrected chi connectivity index (χ3v) is 5.47. The summed E-state index contributed by atoms with van der Waals surface area (Å²) >= 11 is 5.98. The van der Waals surface area contributed by atoms with Gasteiger partial charge >= 0.3 is 0 Å². The van der Waals surface area contributed by atoms with E-state index in [9.17, 15) is 5.21 Å². The Bertz CT molecular complexity index is 531. The van der Waals surface area contributed by atoms with Gasteiger partial charge in [0.25, 0.3) is 0 Å². The van der Waals surface area contributed by atoms with Gasteiger partial charge in [-0.25, -0.2) is 0 Å². The Hall–Kier alpha value is -0.770. The second-order valence-corrected chi connectivity index (χ2v) is 6.42. The lowest BCUT2D eigenvalue weighted by molar-refractivity contribution is 0.154.